The molecular weight excluding hydrogens is 396 g/mol. The van der Waals surface area contributed by atoms with Crippen LogP contribution in [0.2, 0.25) is 0 Å². The molecule has 0 aliphatic rings. The van der Waals surface area contributed by atoms with Crippen molar-refractivity contribution in [2.24, 2.45) is 0 Å². The fourth-order valence-corrected chi connectivity index (χ4v) is 4.32. The number of rotatable bonds is 7. The summed E-state index contributed by atoms with van der Waals surface area (Å²) in [7, 11) is -3.73. The maximum Gasteiger partial charge on any atom is 0.270 e. The Hall–Kier alpha value is -3.31. The maximum absolute atomic E-state index is 12.8. The van der Waals surface area contributed by atoms with Crippen LogP contribution in [0.15, 0.2) is 52.4 Å². The Morgan fingerprint density at radius 3 is 2.48 bits per heavy atom. The molecule has 3 N–H and O–H groups in total. The average molecular weight is 416 g/mol. The van der Waals surface area contributed by atoms with Crippen LogP contribution in [0, 0.1) is 0 Å². The first kappa shape index (κ1) is 20.4. The fraction of sp³-hybridized carbons (Fsp3) is 0.222. The van der Waals surface area contributed by atoms with E-state index in [9.17, 15) is 18.0 Å². The number of aromatic nitrogens is 3. The highest BCUT2D eigenvalue weighted by Crippen LogP contribution is 2.22. The zero-order valence-electron chi connectivity index (χ0n) is 15.8. The van der Waals surface area contributed by atoms with Crippen LogP contribution in [0.5, 0.6) is 0 Å². The van der Waals surface area contributed by atoms with Gasteiger partial charge in [0.15, 0.2) is 0 Å². The molecule has 1 aromatic carbocycles. The van der Waals surface area contributed by atoms with E-state index in [1.807, 2.05) is 0 Å². The third-order valence-corrected chi connectivity index (χ3v) is 6.30. The summed E-state index contributed by atoms with van der Waals surface area (Å²) in [5.41, 5.74) is 4.83. The molecule has 3 rings (SSSR count). The minimum absolute atomic E-state index is 0.0174. The van der Waals surface area contributed by atoms with Gasteiger partial charge in [-0.25, -0.2) is 18.4 Å². The van der Waals surface area contributed by atoms with Crippen LogP contribution in [0.1, 0.15) is 24.2 Å². The maximum atomic E-state index is 12.8. The van der Waals surface area contributed by atoms with Crippen molar-refractivity contribution in [3.63, 3.8) is 0 Å². The Morgan fingerprint density at radius 2 is 1.83 bits per heavy atom. The molecule has 0 atom stereocenters. The summed E-state index contributed by atoms with van der Waals surface area (Å²) < 4.78 is 27.0. The first-order valence-electron chi connectivity index (χ1n) is 8.87. The van der Waals surface area contributed by atoms with Crippen LogP contribution < -0.4 is 16.4 Å². The van der Waals surface area contributed by atoms with Gasteiger partial charge in [0.05, 0.1) is 10.5 Å². The number of carbonyl (C=O) groups is 1. The molecule has 152 valence electrons. The van der Waals surface area contributed by atoms with Crippen LogP contribution in [0.4, 0.5) is 5.95 Å². The van der Waals surface area contributed by atoms with E-state index < -0.39 is 21.5 Å². The van der Waals surface area contributed by atoms with Gasteiger partial charge in [-0.15, -0.1) is 0 Å². The van der Waals surface area contributed by atoms with E-state index in [2.05, 4.69) is 25.8 Å². The highest BCUT2D eigenvalue weighted by atomic mass is 32.2. The van der Waals surface area contributed by atoms with Gasteiger partial charge in [0.2, 0.25) is 21.5 Å². The molecule has 0 fully saturated rings. The highest BCUT2D eigenvalue weighted by Gasteiger charge is 2.23. The number of H-pyrrole nitrogens is 1. The van der Waals surface area contributed by atoms with E-state index in [1.54, 1.807) is 19.9 Å². The number of fused-ring (bicyclic) bond motifs is 1. The second kappa shape index (κ2) is 8.37. The van der Waals surface area contributed by atoms with Crippen molar-refractivity contribution in [1.29, 1.82) is 0 Å². The lowest BCUT2D eigenvalue weighted by Gasteiger charge is -2.19. The van der Waals surface area contributed by atoms with Crippen molar-refractivity contribution < 1.29 is 13.2 Å². The van der Waals surface area contributed by atoms with E-state index in [1.165, 1.54) is 34.9 Å². The van der Waals surface area contributed by atoms with E-state index in [0.717, 1.165) is 6.07 Å². The number of nitrogens with zero attached hydrogens (tertiary/aromatic N) is 3. The minimum atomic E-state index is -3.73. The number of sulfonamides is 1. The number of hydrogen-bond donors (Lipinski definition) is 3. The summed E-state index contributed by atoms with van der Waals surface area (Å²) in [6.45, 7) is 4.12. The van der Waals surface area contributed by atoms with E-state index >= 15 is 0 Å². The molecule has 0 saturated heterocycles. The fourth-order valence-electron chi connectivity index (χ4n) is 2.84. The zero-order valence-corrected chi connectivity index (χ0v) is 16.7. The normalized spacial score (nSPS) is 11.6. The molecular formula is C18H20N6O4S. The van der Waals surface area contributed by atoms with Crippen molar-refractivity contribution in [2.75, 3.05) is 18.5 Å². The van der Waals surface area contributed by atoms with Gasteiger partial charge in [0, 0.05) is 42.5 Å². The van der Waals surface area contributed by atoms with Crippen LogP contribution in [-0.2, 0) is 10.0 Å². The van der Waals surface area contributed by atoms with Gasteiger partial charge in [-0.3, -0.25) is 20.4 Å². The number of pyridine rings is 1. The van der Waals surface area contributed by atoms with Gasteiger partial charge >= 0.3 is 0 Å². The van der Waals surface area contributed by atoms with Gasteiger partial charge in [-0.05, 0) is 24.3 Å². The number of benzene rings is 1. The second-order valence-electron chi connectivity index (χ2n) is 6.00. The van der Waals surface area contributed by atoms with Crippen LogP contribution in [0.3, 0.4) is 0 Å². The van der Waals surface area contributed by atoms with E-state index in [-0.39, 0.29) is 16.4 Å². The number of amides is 1. The Morgan fingerprint density at radius 1 is 1.14 bits per heavy atom. The first-order chi connectivity index (χ1) is 13.9. The first-order valence-corrected chi connectivity index (χ1v) is 10.3. The van der Waals surface area contributed by atoms with Crippen LogP contribution in [0.25, 0.3) is 10.9 Å². The van der Waals surface area contributed by atoms with Crippen LogP contribution in [-0.4, -0.2) is 46.7 Å². The Kier molecular flexibility index (Phi) is 5.89. The standard InChI is InChI=1S/C18H20N6O4S/c1-3-24(4-2)29(27,28)12-6-7-15-13(10-12)14(11-16(25)21-15)17(26)22-23-18-19-8-5-9-20-18/h5-11H,3-4H2,1-2H3,(H,21,25)(H,22,26)(H,19,20,23). The molecule has 1 amide bonds. The molecule has 0 saturated carbocycles. The Balaban J connectivity index is 2.02. The van der Waals surface area contributed by atoms with E-state index in [4.69, 9.17) is 0 Å². The van der Waals surface area contributed by atoms with Gasteiger partial charge in [0.1, 0.15) is 0 Å². The third kappa shape index (κ3) is 4.25. The molecule has 0 aliphatic carbocycles. The number of hydrogen-bond acceptors (Lipinski definition) is 7. The van der Waals surface area contributed by atoms with Crippen LogP contribution >= 0.6 is 0 Å². The Labute approximate surface area is 167 Å². The summed E-state index contributed by atoms with van der Waals surface area (Å²) in [5.74, 6) is -0.467. The summed E-state index contributed by atoms with van der Waals surface area (Å²) in [5, 5.41) is 0.297. The molecule has 0 aliphatic heterocycles. The molecule has 29 heavy (non-hydrogen) atoms. The van der Waals surface area contributed by atoms with Crippen molar-refractivity contribution >= 4 is 32.8 Å². The molecule has 11 heteroatoms. The predicted molar refractivity (Wildman–Crippen MR) is 108 cm³/mol. The smallest absolute Gasteiger partial charge is 0.270 e. The monoisotopic (exact) mass is 416 g/mol. The second-order valence-corrected chi connectivity index (χ2v) is 7.93. The van der Waals surface area contributed by atoms with Gasteiger partial charge in [-0.2, -0.15) is 4.31 Å². The SMILES string of the molecule is CCN(CC)S(=O)(=O)c1ccc2[nH]c(=O)cc(C(=O)NNc3ncccn3)c2c1. The number of carbonyl (C=O) groups excluding carboxylic acids is 1. The molecule has 10 nitrogen and oxygen atoms in total. The Bertz CT molecular complexity index is 1190. The molecule has 3 aromatic rings. The number of aromatic amines is 1. The molecule has 0 bridgehead atoms. The molecule has 0 unspecified atom stereocenters. The third-order valence-electron chi connectivity index (χ3n) is 4.26. The number of anilines is 1. The van der Waals surface area contributed by atoms with Crippen molar-refractivity contribution in [3.8, 4) is 0 Å². The lowest BCUT2D eigenvalue weighted by atomic mass is 10.1. The average Bonchev–Trinajstić information content (AvgIpc) is 2.72. The quantitative estimate of drug-likeness (QED) is 0.491. The molecule has 0 spiro atoms. The van der Waals surface area contributed by atoms with Crippen molar-refractivity contribution in [3.05, 3.63) is 58.6 Å². The summed E-state index contributed by atoms with van der Waals surface area (Å²) in [6, 6.07) is 6.99. The highest BCUT2D eigenvalue weighted by molar-refractivity contribution is 7.89. The summed E-state index contributed by atoms with van der Waals surface area (Å²) >= 11 is 0. The summed E-state index contributed by atoms with van der Waals surface area (Å²) in [4.78, 5) is 35.1. The molecule has 2 aromatic heterocycles. The topological polar surface area (TPSA) is 137 Å². The van der Waals surface area contributed by atoms with Gasteiger partial charge in [-0.1, -0.05) is 13.8 Å². The number of hydrazine groups is 1. The number of nitrogens with one attached hydrogen (secondary N) is 3. The minimum Gasteiger partial charge on any atom is -0.322 e. The van der Waals surface area contributed by atoms with Gasteiger partial charge in [0.25, 0.3) is 5.91 Å². The van der Waals surface area contributed by atoms with Crippen molar-refractivity contribution in [1.82, 2.24) is 24.7 Å². The predicted octanol–water partition coefficient (Wildman–Crippen LogP) is 1.11. The van der Waals surface area contributed by atoms with Crippen molar-refractivity contribution in [2.45, 2.75) is 18.7 Å². The zero-order chi connectivity index (χ0) is 21.0. The van der Waals surface area contributed by atoms with Gasteiger partial charge < -0.3 is 4.98 Å². The lowest BCUT2D eigenvalue weighted by molar-refractivity contribution is 0.0963. The summed E-state index contributed by atoms with van der Waals surface area (Å²) in [6.07, 6.45) is 2.99. The van der Waals surface area contributed by atoms with E-state index in [0.29, 0.717) is 24.0 Å². The molecule has 2 heterocycles. The largest absolute Gasteiger partial charge is 0.322 e. The molecule has 0 radical (unpaired) electrons. The lowest BCUT2D eigenvalue weighted by Crippen LogP contribution is -2.32.